The minimum absolute atomic E-state index is 0.0528. The number of hydrogen-bond donors (Lipinski definition) is 1. The Morgan fingerprint density at radius 3 is 2.67 bits per heavy atom. The van der Waals surface area contributed by atoms with Gasteiger partial charge in [-0.05, 0) is 33.3 Å². The fraction of sp³-hybridized carbons (Fsp3) is 0.471. The van der Waals surface area contributed by atoms with Gasteiger partial charge in [-0.3, -0.25) is 9.59 Å². The van der Waals surface area contributed by atoms with Crippen molar-refractivity contribution in [3.63, 3.8) is 0 Å². The number of thiazole rings is 1. The van der Waals surface area contributed by atoms with Crippen molar-refractivity contribution in [1.29, 1.82) is 0 Å². The zero-order valence-corrected chi connectivity index (χ0v) is 15.5. The van der Waals surface area contributed by atoms with Gasteiger partial charge in [-0.25, -0.2) is 4.98 Å². The lowest BCUT2D eigenvalue weighted by Gasteiger charge is -2.24. The van der Waals surface area contributed by atoms with E-state index in [9.17, 15) is 9.59 Å². The van der Waals surface area contributed by atoms with E-state index in [1.807, 2.05) is 13.8 Å². The van der Waals surface area contributed by atoms with Gasteiger partial charge in [0.2, 0.25) is 5.91 Å². The molecule has 0 bridgehead atoms. The van der Waals surface area contributed by atoms with Crippen LogP contribution < -0.4 is 5.32 Å². The average Bonchev–Trinajstić information content (AvgIpc) is 3.16. The van der Waals surface area contributed by atoms with E-state index in [1.165, 1.54) is 6.26 Å². The van der Waals surface area contributed by atoms with E-state index in [0.717, 1.165) is 22.0 Å². The molecule has 2 heterocycles. The number of carbonyl (C=O) groups is 2. The monoisotopic (exact) mass is 349 g/mol. The Balaban J connectivity index is 1.97. The minimum Gasteiger partial charge on any atom is -0.469 e. The topological polar surface area (TPSA) is 75.4 Å². The molecule has 0 aliphatic carbocycles. The SMILES string of the molecule is CCc1nc(C)c(C(C)N(C)C(=O)CNC(=O)c2ccoc2C)s1. The molecule has 2 rings (SSSR count). The van der Waals surface area contributed by atoms with E-state index in [0.29, 0.717) is 11.3 Å². The summed E-state index contributed by atoms with van der Waals surface area (Å²) < 4.78 is 5.10. The molecule has 0 aliphatic heterocycles. The quantitative estimate of drug-likeness (QED) is 0.870. The predicted molar refractivity (Wildman–Crippen MR) is 93.2 cm³/mol. The molecule has 0 spiro atoms. The molecule has 1 N–H and O–H groups in total. The first kappa shape index (κ1) is 18.2. The number of furan rings is 1. The lowest BCUT2D eigenvalue weighted by molar-refractivity contribution is -0.130. The second kappa shape index (κ2) is 7.61. The number of amides is 2. The van der Waals surface area contributed by atoms with Crippen LogP contribution in [0.5, 0.6) is 0 Å². The van der Waals surface area contributed by atoms with Gasteiger partial charge < -0.3 is 14.6 Å². The summed E-state index contributed by atoms with van der Waals surface area (Å²) in [6, 6.07) is 1.51. The van der Waals surface area contributed by atoms with E-state index in [4.69, 9.17) is 4.42 Å². The van der Waals surface area contributed by atoms with Crippen molar-refractivity contribution in [2.45, 2.75) is 40.2 Å². The summed E-state index contributed by atoms with van der Waals surface area (Å²) in [4.78, 5) is 31.7. The van der Waals surface area contributed by atoms with Crippen LogP contribution in [0.15, 0.2) is 16.7 Å². The molecule has 1 atom stereocenters. The van der Waals surface area contributed by atoms with Crippen LogP contribution in [0.3, 0.4) is 0 Å². The predicted octanol–water partition coefficient (Wildman–Crippen LogP) is 2.86. The van der Waals surface area contributed by atoms with Crippen LogP contribution in [0, 0.1) is 13.8 Å². The number of rotatable bonds is 6. The lowest BCUT2D eigenvalue weighted by Crippen LogP contribution is -2.39. The summed E-state index contributed by atoms with van der Waals surface area (Å²) in [5.74, 6) is 0.0785. The third-order valence-electron chi connectivity index (χ3n) is 4.04. The smallest absolute Gasteiger partial charge is 0.255 e. The molecule has 130 valence electrons. The van der Waals surface area contributed by atoms with Crippen molar-refractivity contribution in [2.24, 2.45) is 0 Å². The molecule has 6 nitrogen and oxygen atoms in total. The molecule has 0 aliphatic rings. The number of nitrogens with one attached hydrogen (secondary N) is 1. The fourth-order valence-corrected chi connectivity index (χ4v) is 3.50. The number of likely N-dealkylation sites (N-methyl/N-ethyl adjacent to an activating group) is 1. The van der Waals surface area contributed by atoms with Gasteiger partial charge in [0.25, 0.3) is 5.91 Å². The minimum atomic E-state index is -0.308. The molecule has 0 saturated carbocycles. The maximum Gasteiger partial charge on any atom is 0.255 e. The maximum atomic E-state index is 12.4. The Morgan fingerprint density at radius 2 is 2.12 bits per heavy atom. The second-order valence-corrected chi connectivity index (χ2v) is 6.78. The number of nitrogens with zero attached hydrogens (tertiary/aromatic N) is 2. The van der Waals surface area contributed by atoms with Gasteiger partial charge in [0.05, 0.1) is 35.1 Å². The standard InChI is InChI=1S/C17H23N3O3S/c1-6-14-19-10(2)16(24-14)11(3)20(5)15(21)9-18-17(22)13-7-8-23-12(13)4/h7-8,11H,6,9H2,1-5H3,(H,18,22). The van der Waals surface area contributed by atoms with Crippen molar-refractivity contribution < 1.29 is 14.0 Å². The molecule has 2 aromatic rings. The van der Waals surface area contributed by atoms with Crippen molar-refractivity contribution in [3.8, 4) is 0 Å². The molecule has 7 heteroatoms. The van der Waals surface area contributed by atoms with Gasteiger partial charge in [0.15, 0.2) is 0 Å². The normalized spacial score (nSPS) is 12.0. The fourth-order valence-electron chi connectivity index (χ4n) is 2.39. The number of carbonyl (C=O) groups excluding carboxylic acids is 2. The molecule has 0 radical (unpaired) electrons. The molecular formula is C17H23N3O3S. The molecule has 0 saturated heterocycles. The van der Waals surface area contributed by atoms with E-state index in [2.05, 4.69) is 17.2 Å². The molecule has 1 unspecified atom stereocenters. The first-order chi connectivity index (χ1) is 11.3. The summed E-state index contributed by atoms with van der Waals surface area (Å²) >= 11 is 1.63. The van der Waals surface area contributed by atoms with Gasteiger partial charge >= 0.3 is 0 Å². The van der Waals surface area contributed by atoms with E-state index in [1.54, 1.807) is 36.3 Å². The van der Waals surface area contributed by atoms with Crippen LogP contribution in [0.4, 0.5) is 0 Å². The highest BCUT2D eigenvalue weighted by Gasteiger charge is 2.22. The van der Waals surface area contributed by atoms with Crippen LogP contribution in [0.1, 0.15) is 51.6 Å². The Bertz CT molecular complexity index is 735. The van der Waals surface area contributed by atoms with Gasteiger partial charge in [-0.15, -0.1) is 11.3 Å². The van der Waals surface area contributed by atoms with Crippen LogP contribution in [-0.2, 0) is 11.2 Å². The first-order valence-corrected chi connectivity index (χ1v) is 8.70. The van der Waals surface area contributed by atoms with Crippen molar-refractivity contribution in [2.75, 3.05) is 13.6 Å². The Kier molecular flexibility index (Phi) is 5.77. The molecule has 2 amide bonds. The van der Waals surface area contributed by atoms with Gasteiger partial charge in [-0.2, -0.15) is 0 Å². The van der Waals surface area contributed by atoms with Crippen LogP contribution in [0.2, 0.25) is 0 Å². The molecule has 0 aromatic carbocycles. The van der Waals surface area contributed by atoms with E-state index in [-0.39, 0.29) is 24.4 Å². The number of aryl methyl sites for hydroxylation is 3. The summed E-state index contributed by atoms with van der Waals surface area (Å²) in [6.45, 7) is 7.66. The number of hydrogen-bond acceptors (Lipinski definition) is 5. The van der Waals surface area contributed by atoms with Gasteiger partial charge in [0, 0.05) is 11.9 Å². The molecular weight excluding hydrogens is 326 g/mol. The highest BCUT2D eigenvalue weighted by molar-refractivity contribution is 7.11. The summed E-state index contributed by atoms with van der Waals surface area (Å²) in [5.41, 5.74) is 1.41. The molecule has 2 aromatic heterocycles. The lowest BCUT2D eigenvalue weighted by atomic mass is 10.2. The highest BCUT2D eigenvalue weighted by Crippen LogP contribution is 2.28. The van der Waals surface area contributed by atoms with Gasteiger partial charge in [-0.1, -0.05) is 6.92 Å². The highest BCUT2D eigenvalue weighted by atomic mass is 32.1. The summed E-state index contributed by atoms with van der Waals surface area (Å²) in [6.07, 6.45) is 2.34. The van der Waals surface area contributed by atoms with E-state index < -0.39 is 0 Å². The average molecular weight is 349 g/mol. The second-order valence-electron chi connectivity index (χ2n) is 5.66. The third-order valence-corrected chi connectivity index (χ3v) is 5.51. The largest absolute Gasteiger partial charge is 0.469 e. The summed E-state index contributed by atoms with van der Waals surface area (Å²) in [5, 5.41) is 3.71. The van der Waals surface area contributed by atoms with E-state index >= 15 is 0 Å². The maximum absolute atomic E-state index is 12.4. The summed E-state index contributed by atoms with van der Waals surface area (Å²) in [7, 11) is 1.74. The zero-order chi connectivity index (χ0) is 17.9. The zero-order valence-electron chi connectivity index (χ0n) is 14.7. The molecule has 0 fully saturated rings. The number of aromatic nitrogens is 1. The van der Waals surface area contributed by atoms with Crippen molar-refractivity contribution in [1.82, 2.24) is 15.2 Å². The first-order valence-electron chi connectivity index (χ1n) is 7.89. The Hall–Kier alpha value is -2.15. The van der Waals surface area contributed by atoms with Gasteiger partial charge in [0.1, 0.15) is 5.76 Å². The van der Waals surface area contributed by atoms with Crippen LogP contribution in [0.25, 0.3) is 0 Å². The molecule has 24 heavy (non-hydrogen) atoms. The van der Waals surface area contributed by atoms with Crippen molar-refractivity contribution in [3.05, 3.63) is 39.2 Å². The van der Waals surface area contributed by atoms with Crippen LogP contribution in [-0.4, -0.2) is 35.3 Å². The Labute approximate surface area is 145 Å². The van der Waals surface area contributed by atoms with Crippen LogP contribution >= 0.6 is 11.3 Å². The van der Waals surface area contributed by atoms with Crippen molar-refractivity contribution >= 4 is 23.2 Å². The Morgan fingerprint density at radius 1 is 1.42 bits per heavy atom. The third kappa shape index (κ3) is 3.84.